The molecule has 1 fully saturated rings. The summed E-state index contributed by atoms with van der Waals surface area (Å²) >= 11 is 1.30. The van der Waals surface area contributed by atoms with Gasteiger partial charge in [-0.15, -0.1) is 11.3 Å². The average molecular weight is 350 g/mol. The second kappa shape index (κ2) is 6.89. The lowest BCUT2D eigenvalue weighted by molar-refractivity contribution is 0.417. The number of hydrogen-bond acceptors (Lipinski definition) is 4. The first-order valence-corrected chi connectivity index (χ1v) is 11.0. The van der Waals surface area contributed by atoms with Crippen molar-refractivity contribution in [2.24, 2.45) is 0 Å². The molecule has 7 heteroatoms. The first-order chi connectivity index (χ1) is 9.85. The third-order valence-electron chi connectivity index (χ3n) is 4.04. The molecule has 3 atom stereocenters. The molecular formula is C14H23NO3S3. The predicted molar refractivity (Wildman–Crippen MR) is 88.8 cm³/mol. The summed E-state index contributed by atoms with van der Waals surface area (Å²) in [5.74, 6) is 0.583. The summed E-state index contributed by atoms with van der Waals surface area (Å²) in [6, 6.07) is 1.52. The minimum absolute atomic E-state index is 0.0549. The van der Waals surface area contributed by atoms with Gasteiger partial charge in [-0.1, -0.05) is 19.8 Å². The van der Waals surface area contributed by atoms with Crippen LogP contribution in [0, 0.1) is 13.8 Å². The number of rotatable bonds is 5. The van der Waals surface area contributed by atoms with Crippen molar-refractivity contribution in [1.29, 1.82) is 0 Å². The van der Waals surface area contributed by atoms with Crippen molar-refractivity contribution in [3.8, 4) is 0 Å². The summed E-state index contributed by atoms with van der Waals surface area (Å²) in [5.41, 5.74) is 0.998. The Morgan fingerprint density at radius 2 is 2.00 bits per heavy atom. The lowest BCUT2D eigenvalue weighted by Crippen LogP contribution is -2.47. The summed E-state index contributed by atoms with van der Waals surface area (Å²) in [5, 5.41) is -0.0549. The highest BCUT2D eigenvalue weighted by Gasteiger charge is 2.33. The number of hydrogen-bond donors (Lipinski definition) is 1. The molecule has 2 rings (SSSR count). The second-order valence-corrected chi connectivity index (χ2v) is 10.7. The quantitative estimate of drug-likeness (QED) is 0.889. The molecular weight excluding hydrogens is 326 g/mol. The third-order valence-corrected chi connectivity index (χ3v) is 8.96. The van der Waals surface area contributed by atoms with E-state index >= 15 is 0 Å². The fraction of sp³-hybridized carbons (Fsp3) is 0.714. The fourth-order valence-electron chi connectivity index (χ4n) is 2.69. The maximum atomic E-state index is 12.5. The molecule has 4 nitrogen and oxygen atoms in total. The van der Waals surface area contributed by atoms with Gasteiger partial charge in [0.1, 0.15) is 4.21 Å². The van der Waals surface area contributed by atoms with Crippen molar-refractivity contribution in [2.75, 3.05) is 5.75 Å². The summed E-state index contributed by atoms with van der Waals surface area (Å²) < 4.78 is 40.4. The van der Waals surface area contributed by atoms with Crippen LogP contribution in [0.25, 0.3) is 0 Å². The van der Waals surface area contributed by atoms with Crippen LogP contribution < -0.4 is 4.72 Å². The molecule has 0 spiro atoms. The van der Waals surface area contributed by atoms with Gasteiger partial charge in [-0.05, 0) is 38.3 Å². The second-order valence-electron chi connectivity index (χ2n) is 5.52. The van der Waals surface area contributed by atoms with Gasteiger partial charge in [0.15, 0.2) is 0 Å². The van der Waals surface area contributed by atoms with Gasteiger partial charge in [0, 0.05) is 27.5 Å². The highest BCUT2D eigenvalue weighted by molar-refractivity contribution is 7.91. The molecule has 21 heavy (non-hydrogen) atoms. The standard InChI is InChI=1S/C14H23NO3S3/c1-4-20(16)13-8-6-5-7-12(13)15-21(17,18)14-9-10(2)11(3)19-14/h9,12-13,15H,4-8H2,1-3H3/t12-,13+,20+/m0/s1. The minimum Gasteiger partial charge on any atom is -0.259 e. The van der Waals surface area contributed by atoms with Gasteiger partial charge in [-0.25, -0.2) is 13.1 Å². The molecule has 1 aliphatic carbocycles. The van der Waals surface area contributed by atoms with Gasteiger partial charge in [-0.2, -0.15) is 0 Å². The van der Waals surface area contributed by atoms with E-state index in [-0.39, 0.29) is 11.3 Å². The zero-order valence-corrected chi connectivity index (χ0v) is 15.2. The van der Waals surface area contributed by atoms with Crippen molar-refractivity contribution in [2.45, 2.75) is 62.0 Å². The summed E-state index contributed by atoms with van der Waals surface area (Å²) in [4.78, 5) is 1.02. The van der Waals surface area contributed by atoms with Crippen molar-refractivity contribution < 1.29 is 12.6 Å². The van der Waals surface area contributed by atoms with E-state index in [0.29, 0.717) is 9.96 Å². The average Bonchev–Trinajstić information content (AvgIpc) is 2.79. The third kappa shape index (κ3) is 3.94. The van der Waals surface area contributed by atoms with E-state index in [2.05, 4.69) is 4.72 Å². The van der Waals surface area contributed by atoms with E-state index in [0.717, 1.165) is 36.1 Å². The van der Waals surface area contributed by atoms with Gasteiger partial charge in [0.2, 0.25) is 10.0 Å². The van der Waals surface area contributed by atoms with Gasteiger partial charge >= 0.3 is 0 Å². The molecule has 1 N–H and O–H groups in total. The molecule has 1 saturated carbocycles. The Labute approximate surface area is 133 Å². The molecule has 0 aliphatic heterocycles. The molecule has 1 aromatic rings. The van der Waals surface area contributed by atoms with Crippen molar-refractivity contribution in [3.63, 3.8) is 0 Å². The molecule has 120 valence electrons. The fourth-order valence-corrected chi connectivity index (χ4v) is 7.05. The van der Waals surface area contributed by atoms with Crippen LogP contribution in [0.3, 0.4) is 0 Å². The Balaban J connectivity index is 2.19. The maximum Gasteiger partial charge on any atom is 0.250 e. The number of nitrogens with one attached hydrogen (secondary N) is 1. The van der Waals surface area contributed by atoms with Gasteiger partial charge in [-0.3, -0.25) is 4.21 Å². The Morgan fingerprint density at radius 1 is 1.33 bits per heavy atom. The van der Waals surface area contributed by atoms with E-state index in [4.69, 9.17) is 0 Å². The van der Waals surface area contributed by atoms with Crippen LogP contribution in [-0.2, 0) is 20.8 Å². The molecule has 0 bridgehead atoms. The van der Waals surface area contributed by atoms with Crippen LogP contribution >= 0.6 is 11.3 Å². The Hall–Kier alpha value is -0.240. The highest BCUT2D eigenvalue weighted by Crippen LogP contribution is 2.28. The van der Waals surface area contributed by atoms with Gasteiger partial charge in [0.25, 0.3) is 0 Å². The van der Waals surface area contributed by atoms with Crippen LogP contribution in [0.15, 0.2) is 10.3 Å². The van der Waals surface area contributed by atoms with E-state index < -0.39 is 20.8 Å². The monoisotopic (exact) mass is 349 g/mol. The van der Waals surface area contributed by atoms with E-state index in [9.17, 15) is 12.6 Å². The van der Waals surface area contributed by atoms with Gasteiger partial charge in [0.05, 0.1) is 5.25 Å². The molecule has 1 aromatic heterocycles. The molecule has 0 aromatic carbocycles. The SMILES string of the molecule is CC[S@@](=O)[C@@H]1CCCC[C@@H]1NS(=O)(=O)c1cc(C)c(C)s1. The number of aryl methyl sites for hydroxylation is 2. The maximum absolute atomic E-state index is 12.5. The Bertz CT molecular complexity index is 602. The summed E-state index contributed by atoms with van der Waals surface area (Å²) in [6.45, 7) is 5.73. The molecule has 0 amide bonds. The zero-order chi connectivity index (χ0) is 15.6. The van der Waals surface area contributed by atoms with Crippen LogP contribution in [0.4, 0.5) is 0 Å². The summed E-state index contributed by atoms with van der Waals surface area (Å²) in [7, 11) is -4.46. The number of sulfonamides is 1. The van der Waals surface area contributed by atoms with Crippen LogP contribution in [0.2, 0.25) is 0 Å². The molecule has 1 heterocycles. The Morgan fingerprint density at radius 3 is 2.57 bits per heavy atom. The number of thiophene rings is 1. The highest BCUT2D eigenvalue weighted by atomic mass is 32.2. The van der Waals surface area contributed by atoms with Crippen molar-refractivity contribution in [3.05, 3.63) is 16.5 Å². The summed E-state index contributed by atoms with van der Waals surface area (Å²) in [6.07, 6.45) is 3.65. The predicted octanol–water partition coefficient (Wildman–Crippen LogP) is 2.72. The molecule has 0 saturated heterocycles. The van der Waals surface area contributed by atoms with Crippen LogP contribution in [-0.4, -0.2) is 29.7 Å². The van der Waals surface area contributed by atoms with Crippen molar-refractivity contribution in [1.82, 2.24) is 4.72 Å². The zero-order valence-electron chi connectivity index (χ0n) is 12.7. The van der Waals surface area contributed by atoms with Gasteiger partial charge < -0.3 is 0 Å². The van der Waals surface area contributed by atoms with Crippen LogP contribution in [0.5, 0.6) is 0 Å². The van der Waals surface area contributed by atoms with Crippen LogP contribution in [0.1, 0.15) is 43.0 Å². The first kappa shape index (κ1) is 17.1. The van der Waals surface area contributed by atoms with Crippen molar-refractivity contribution >= 4 is 32.2 Å². The van der Waals surface area contributed by atoms with E-state index in [1.165, 1.54) is 11.3 Å². The lowest BCUT2D eigenvalue weighted by atomic mass is 9.96. The lowest BCUT2D eigenvalue weighted by Gasteiger charge is -2.30. The Kier molecular flexibility index (Phi) is 5.62. The molecule has 1 aliphatic rings. The topological polar surface area (TPSA) is 63.2 Å². The largest absolute Gasteiger partial charge is 0.259 e. The first-order valence-electron chi connectivity index (χ1n) is 7.31. The van der Waals surface area contributed by atoms with E-state index in [1.54, 1.807) is 6.07 Å². The smallest absolute Gasteiger partial charge is 0.250 e. The normalized spacial score (nSPS) is 24.9. The molecule has 0 radical (unpaired) electrons. The van der Waals surface area contributed by atoms with E-state index in [1.807, 2.05) is 20.8 Å². The molecule has 0 unspecified atom stereocenters. The minimum atomic E-state index is -3.50.